The molecule has 0 unspecified atom stereocenters. The van der Waals surface area contributed by atoms with Gasteiger partial charge in [0.15, 0.2) is 0 Å². The zero-order valence-corrected chi connectivity index (χ0v) is 10.1. The fourth-order valence-corrected chi connectivity index (χ4v) is 3.18. The third-order valence-corrected chi connectivity index (χ3v) is 4.18. The lowest BCUT2D eigenvalue weighted by molar-refractivity contribution is 0.0605. The third-order valence-electron chi connectivity index (χ3n) is 1.96. The second-order valence-electron chi connectivity index (χ2n) is 2.88. The highest BCUT2D eigenvalue weighted by atomic mass is 79.9. The van der Waals surface area contributed by atoms with E-state index in [1.165, 1.54) is 30.6 Å². The van der Waals surface area contributed by atoms with E-state index in [9.17, 15) is 9.18 Å². The van der Waals surface area contributed by atoms with Crippen molar-refractivity contribution in [2.45, 2.75) is 0 Å². The first-order valence-electron chi connectivity index (χ1n) is 4.09. The van der Waals surface area contributed by atoms with Gasteiger partial charge < -0.3 is 4.74 Å². The Morgan fingerprint density at radius 2 is 2.27 bits per heavy atom. The summed E-state index contributed by atoms with van der Waals surface area (Å²) in [5.74, 6) is -0.726. The summed E-state index contributed by atoms with van der Waals surface area (Å²) in [6.07, 6.45) is 0. The Hall–Kier alpha value is -0.940. The molecule has 5 heteroatoms. The summed E-state index contributed by atoms with van der Waals surface area (Å²) in [5, 5.41) is 0.821. The SMILES string of the molecule is COC(=O)c1sc2cc(F)ccc2c1Br. The summed E-state index contributed by atoms with van der Waals surface area (Å²) in [4.78, 5) is 11.8. The highest BCUT2D eigenvalue weighted by molar-refractivity contribution is 9.10. The molecule has 2 aromatic rings. The van der Waals surface area contributed by atoms with Crippen molar-refractivity contribution in [1.82, 2.24) is 0 Å². The van der Waals surface area contributed by atoms with E-state index in [-0.39, 0.29) is 5.82 Å². The van der Waals surface area contributed by atoms with E-state index in [4.69, 9.17) is 0 Å². The fourth-order valence-electron chi connectivity index (χ4n) is 1.26. The van der Waals surface area contributed by atoms with Crippen LogP contribution in [0.1, 0.15) is 9.67 Å². The third kappa shape index (κ3) is 1.77. The van der Waals surface area contributed by atoms with Gasteiger partial charge in [0, 0.05) is 10.1 Å². The summed E-state index contributed by atoms with van der Waals surface area (Å²) in [7, 11) is 1.32. The Morgan fingerprint density at radius 3 is 2.93 bits per heavy atom. The van der Waals surface area contributed by atoms with Crippen LogP contribution in [0, 0.1) is 5.82 Å². The standard InChI is InChI=1S/C10H6BrFO2S/c1-14-10(13)9-8(11)6-3-2-5(12)4-7(6)15-9/h2-4H,1H3. The molecule has 0 saturated carbocycles. The van der Waals surface area contributed by atoms with Crippen molar-refractivity contribution in [1.29, 1.82) is 0 Å². The number of benzene rings is 1. The van der Waals surface area contributed by atoms with Crippen LogP contribution >= 0.6 is 27.3 Å². The second-order valence-corrected chi connectivity index (χ2v) is 4.72. The Balaban J connectivity index is 2.69. The van der Waals surface area contributed by atoms with Crippen molar-refractivity contribution in [2.75, 3.05) is 7.11 Å². The first-order valence-corrected chi connectivity index (χ1v) is 5.70. The molecule has 1 aromatic heterocycles. The lowest BCUT2D eigenvalue weighted by atomic mass is 10.2. The topological polar surface area (TPSA) is 26.3 Å². The number of thiophene rings is 1. The number of methoxy groups -OCH3 is 1. The molecule has 78 valence electrons. The van der Waals surface area contributed by atoms with Crippen LogP contribution < -0.4 is 0 Å². The molecule has 0 aliphatic heterocycles. The summed E-state index contributed by atoms with van der Waals surface area (Å²) < 4.78 is 18.9. The van der Waals surface area contributed by atoms with Crippen molar-refractivity contribution >= 4 is 43.3 Å². The van der Waals surface area contributed by atoms with Gasteiger partial charge in [-0.05, 0) is 34.1 Å². The number of fused-ring (bicyclic) bond motifs is 1. The normalized spacial score (nSPS) is 10.6. The molecule has 0 saturated heterocycles. The maximum Gasteiger partial charge on any atom is 0.349 e. The maximum absolute atomic E-state index is 12.9. The van der Waals surface area contributed by atoms with Crippen LogP contribution in [0.4, 0.5) is 4.39 Å². The summed E-state index contributed by atoms with van der Waals surface area (Å²) >= 11 is 4.51. The van der Waals surface area contributed by atoms with Gasteiger partial charge in [0.05, 0.1) is 11.6 Å². The van der Waals surface area contributed by atoms with Crippen molar-refractivity contribution in [2.24, 2.45) is 0 Å². The number of carbonyl (C=O) groups excluding carboxylic acids is 1. The molecular formula is C10H6BrFO2S. The summed E-state index contributed by atoms with van der Waals surface area (Å²) in [6.45, 7) is 0. The number of carbonyl (C=O) groups is 1. The first kappa shape index (κ1) is 10.6. The molecule has 0 aliphatic rings. The summed E-state index contributed by atoms with van der Waals surface area (Å²) in [5.41, 5.74) is 0. The smallest absolute Gasteiger partial charge is 0.349 e. The molecule has 0 aliphatic carbocycles. The van der Waals surface area contributed by atoms with Gasteiger partial charge in [-0.25, -0.2) is 9.18 Å². The van der Waals surface area contributed by atoms with Crippen LogP contribution in [0.5, 0.6) is 0 Å². The van der Waals surface area contributed by atoms with Crippen LogP contribution in [-0.2, 0) is 4.74 Å². The molecule has 0 amide bonds. The second kappa shape index (κ2) is 3.90. The zero-order chi connectivity index (χ0) is 11.0. The van der Waals surface area contributed by atoms with Gasteiger partial charge in [-0.15, -0.1) is 11.3 Å². The van der Waals surface area contributed by atoms with Gasteiger partial charge >= 0.3 is 5.97 Å². The Kier molecular flexibility index (Phi) is 2.75. The predicted molar refractivity (Wildman–Crippen MR) is 60.8 cm³/mol. The minimum absolute atomic E-state index is 0.312. The van der Waals surface area contributed by atoms with Crippen LogP contribution in [-0.4, -0.2) is 13.1 Å². The van der Waals surface area contributed by atoms with Crippen molar-refractivity contribution in [3.63, 3.8) is 0 Å². The van der Waals surface area contributed by atoms with Crippen LogP contribution in [0.3, 0.4) is 0 Å². The molecule has 1 aromatic carbocycles. The van der Waals surface area contributed by atoms with Gasteiger partial charge in [0.25, 0.3) is 0 Å². The van der Waals surface area contributed by atoms with Crippen molar-refractivity contribution in [3.05, 3.63) is 33.4 Å². The number of esters is 1. The lowest BCUT2D eigenvalue weighted by Crippen LogP contribution is -1.98. The highest BCUT2D eigenvalue weighted by Gasteiger charge is 2.17. The van der Waals surface area contributed by atoms with E-state index >= 15 is 0 Å². The molecule has 0 atom stereocenters. The van der Waals surface area contributed by atoms with Crippen LogP contribution in [0.15, 0.2) is 22.7 Å². The largest absolute Gasteiger partial charge is 0.465 e. The fraction of sp³-hybridized carbons (Fsp3) is 0.100. The number of hydrogen-bond acceptors (Lipinski definition) is 3. The minimum Gasteiger partial charge on any atom is -0.465 e. The first-order chi connectivity index (χ1) is 7.13. The van der Waals surface area contributed by atoms with E-state index in [1.54, 1.807) is 6.07 Å². The average Bonchev–Trinajstić information content (AvgIpc) is 2.54. The predicted octanol–water partition coefficient (Wildman–Crippen LogP) is 3.59. The average molecular weight is 289 g/mol. The van der Waals surface area contributed by atoms with E-state index in [0.29, 0.717) is 9.35 Å². The molecular weight excluding hydrogens is 283 g/mol. The number of ether oxygens (including phenoxy) is 1. The van der Waals surface area contributed by atoms with Crippen molar-refractivity contribution < 1.29 is 13.9 Å². The maximum atomic E-state index is 12.9. The van der Waals surface area contributed by atoms with E-state index in [1.807, 2.05) is 0 Å². The van der Waals surface area contributed by atoms with E-state index < -0.39 is 5.97 Å². The van der Waals surface area contributed by atoms with Crippen molar-refractivity contribution in [3.8, 4) is 0 Å². The molecule has 0 spiro atoms. The van der Waals surface area contributed by atoms with Gasteiger partial charge in [-0.2, -0.15) is 0 Å². The van der Waals surface area contributed by atoms with Gasteiger partial charge in [0.2, 0.25) is 0 Å². The lowest BCUT2D eigenvalue weighted by Gasteiger charge is -1.94. The van der Waals surface area contributed by atoms with Gasteiger partial charge in [-0.3, -0.25) is 0 Å². The Labute approximate surface area is 97.8 Å². The quantitative estimate of drug-likeness (QED) is 0.750. The molecule has 0 fully saturated rings. The highest BCUT2D eigenvalue weighted by Crippen LogP contribution is 2.36. The molecule has 15 heavy (non-hydrogen) atoms. The molecule has 1 heterocycles. The Morgan fingerprint density at radius 1 is 1.53 bits per heavy atom. The van der Waals surface area contributed by atoms with Crippen LogP contribution in [0.2, 0.25) is 0 Å². The molecule has 2 rings (SSSR count). The summed E-state index contributed by atoms with van der Waals surface area (Å²) in [6, 6.07) is 4.40. The Bertz CT molecular complexity index is 535. The van der Waals surface area contributed by atoms with Crippen LogP contribution in [0.25, 0.3) is 10.1 Å². The molecule has 0 N–H and O–H groups in total. The zero-order valence-electron chi connectivity index (χ0n) is 7.71. The number of hydrogen-bond donors (Lipinski definition) is 0. The van der Waals surface area contributed by atoms with E-state index in [0.717, 1.165) is 10.1 Å². The molecule has 0 bridgehead atoms. The number of halogens is 2. The van der Waals surface area contributed by atoms with E-state index in [2.05, 4.69) is 20.7 Å². The van der Waals surface area contributed by atoms with Gasteiger partial charge in [0.1, 0.15) is 10.7 Å². The van der Waals surface area contributed by atoms with Gasteiger partial charge in [-0.1, -0.05) is 0 Å². The molecule has 0 radical (unpaired) electrons. The number of rotatable bonds is 1. The monoisotopic (exact) mass is 288 g/mol. The minimum atomic E-state index is -0.413. The molecule has 2 nitrogen and oxygen atoms in total.